The van der Waals surface area contributed by atoms with Gasteiger partial charge >= 0.3 is 0 Å². The average molecular weight is 508 g/mol. The molecule has 3 aromatic rings. The molecule has 8 nitrogen and oxygen atoms in total. The number of nitrogens with one attached hydrogen (secondary N) is 2. The van der Waals surface area contributed by atoms with Crippen LogP contribution in [0.15, 0.2) is 64.2 Å². The number of benzene rings is 1. The van der Waals surface area contributed by atoms with Crippen molar-refractivity contribution in [1.29, 1.82) is 0 Å². The first kappa shape index (κ1) is 22.6. The highest BCUT2D eigenvalue weighted by Crippen LogP contribution is 2.13. The molecule has 3 rings (SSSR count). The molecule has 0 amide bonds. The number of ether oxygens (including phenoxy) is 1. The lowest BCUT2D eigenvalue weighted by molar-refractivity contribution is 0.322. The van der Waals surface area contributed by atoms with Gasteiger partial charge in [-0.05, 0) is 31.2 Å². The predicted molar refractivity (Wildman–Crippen MR) is 123 cm³/mol. The third-order valence-corrected chi connectivity index (χ3v) is 3.71. The topological polar surface area (TPSA) is 97.5 Å². The third-order valence-electron chi connectivity index (χ3n) is 3.71. The monoisotopic (exact) mass is 508 g/mol. The number of hydrogen-bond donors (Lipinski definition) is 2. The van der Waals surface area contributed by atoms with Crippen molar-refractivity contribution in [3.8, 4) is 17.3 Å². The lowest BCUT2D eigenvalue weighted by Gasteiger charge is -2.11. The van der Waals surface area contributed by atoms with Crippen molar-refractivity contribution in [3.05, 3.63) is 60.6 Å². The van der Waals surface area contributed by atoms with E-state index in [4.69, 9.17) is 9.26 Å². The predicted octanol–water partition coefficient (Wildman–Crippen LogP) is 2.93. The summed E-state index contributed by atoms with van der Waals surface area (Å²) >= 11 is 0. The van der Waals surface area contributed by atoms with E-state index in [1.54, 1.807) is 6.20 Å². The molecule has 0 aliphatic carbocycles. The molecule has 2 heterocycles. The molecule has 0 atom stereocenters. The van der Waals surface area contributed by atoms with Crippen LogP contribution in [0.2, 0.25) is 0 Å². The Morgan fingerprint density at radius 1 is 1.10 bits per heavy atom. The molecular weight excluding hydrogens is 483 g/mol. The second-order valence-corrected chi connectivity index (χ2v) is 5.83. The molecule has 0 spiro atoms. The Bertz CT molecular complexity index is 858. The van der Waals surface area contributed by atoms with Crippen LogP contribution in [0, 0.1) is 0 Å². The Hall–Kier alpha value is -2.69. The van der Waals surface area contributed by atoms with Gasteiger partial charge in [0.2, 0.25) is 0 Å². The summed E-state index contributed by atoms with van der Waals surface area (Å²) in [7, 11) is 0. The van der Waals surface area contributed by atoms with Crippen LogP contribution in [0.25, 0.3) is 11.6 Å². The van der Waals surface area contributed by atoms with E-state index < -0.39 is 0 Å². The zero-order chi connectivity index (χ0) is 19.4. The molecule has 0 saturated carbocycles. The normalized spacial score (nSPS) is 10.9. The minimum absolute atomic E-state index is 0. The van der Waals surface area contributed by atoms with Crippen LogP contribution < -0.4 is 15.4 Å². The summed E-state index contributed by atoms with van der Waals surface area (Å²) in [6, 6.07) is 15.3. The number of rotatable bonds is 9. The van der Waals surface area contributed by atoms with E-state index in [-0.39, 0.29) is 24.0 Å². The first-order valence-electron chi connectivity index (χ1n) is 9.29. The van der Waals surface area contributed by atoms with Gasteiger partial charge in [0.15, 0.2) is 11.8 Å². The van der Waals surface area contributed by atoms with Crippen LogP contribution in [-0.4, -0.2) is 47.3 Å². The summed E-state index contributed by atoms with van der Waals surface area (Å²) < 4.78 is 10.9. The second-order valence-electron chi connectivity index (χ2n) is 5.83. The average Bonchev–Trinajstić information content (AvgIpc) is 3.21. The van der Waals surface area contributed by atoms with Crippen molar-refractivity contribution in [2.75, 3.05) is 26.2 Å². The van der Waals surface area contributed by atoms with E-state index in [2.05, 4.69) is 30.8 Å². The van der Waals surface area contributed by atoms with Gasteiger partial charge in [-0.15, -0.1) is 24.0 Å². The third kappa shape index (κ3) is 7.68. The maximum atomic E-state index is 5.67. The zero-order valence-corrected chi connectivity index (χ0v) is 18.6. The van der Waals surface area contributed by atoms with Crippen molar-refractivity contribution >= 4 is 29.9 Å². The van der Waals surface area contributed by atoms with Crippen LogP contribution in [-0.2, 0) is 6.42 Å². The summed E-state index contributed by atoms with van der Waals surface area (Å²) in [6.07, 6.45) is 2.27. The quantitative estimate of drug-likeness (QED) is 0.199. The van der Waals surface area contributed by atoms with Crippen molar-refractivity contribution in [1.82, 2.24) is 25.8 Å². The molecule has 0 fully saturated rings. The minimum Gasteiger partial charge on any atom is -0.492 e. The van der Waals surface area contributed by atoms with Crippen LogP contribution in [0.5, 0.6) is 5.75 Å². The Morgan fingerprint density at radius 2 is 1.93 bits per heavy atom. The fourth-order valence-corrected chi connectivity index (χ4v) is 2.41. The van der Waals surface area contributed by atoms with Gasteiger partial charge in [0, 0.05) is 25.7 Å². The smallest absolute Gasteiger partial charge is 0.276 e. The fraction of sp³-hybridized carbons (Fsp3) is 0.300. The molecule has 2 aromatic heterocycles. The summed E-state index contributed by atoms with van der Waals surface area (Å²) in [4.78, 5) is 13.1. The number of nitrogens with zero attached hydrogens (tertiary/aromatic N) is 4. The van der Waals surface area contributed by atoms with Gasteiger partial charge in [0.1, 0.15) is 18.1 Å². The van der Waals surface area contributed by atoms with Crippen LogP contribution in [0.3, 0.4) is 0 Å². The molecule has 9 heteroatoms. The molecule has 154 valence electrons. The molecule has 2 N–H and O–H groups in total. The number of hydrogen-bond acceptors (Lipinski definition) is 6. The minimum atomic E-state index is 0. The van der Waals surface area contributed by atoms with Crippen molar-refractivity contribution in [2.45, 2.75) is 13.3 Å². The Labute approximate surface area is 187 Å². The Kier molecular flexibility index (Phi) is 9.90. The summed E-state index contributed by atoms with van der Waals surface area (Å²) in [5.74, 6) is 2.61. The molecule has 0 aliphatic rings. The fourth-order valence-electron chi connectivity index (χ4n) is 2.41. The highest BCUT2D eigenvalue weighted by Gasteiger charge is 2.09. The molecule has 29 heavy (non-hydrogen) atoms. The van der Waals surface area contributed by atoms with E-state index in [0.717, 1.165) is 18.3 Å². The van der Waals surface area contributed by atoms with E-state index in [1.165, 1.54) is 0 Å². The van der Waals surface area contributed by atoms with Gasteiger partial charge < -0.3 is 19.9 Å². The summed E-state index contributed by atoms with van der Waals surface area (Å²) in [5, 5.41) is 10.4. The molecule has 0 unspecified atom stereocenters. The maximum absolute atomic E-state index is 5.67. The number of halogens is 1. The van der Waals surface area contributed by atoms with Crippen molar-refractivity contribution < 1.29 is 9.26 Å². The lowest BCUT2D eigenvalue weighted by Crippen LogP contribution is -2.39. The van der Waals surface area contributed by atoms with Crippen molar-refractivity contribution in [2.24, 2.45) is 4.99 Å². The van der Waals surface area contributed by atoms with Gasteiger partial charge in [-0.25, -0.2) is 0 Å². The number of pyridine rings is 1. The molecule has 1 aromatic carbocycles. The van der Waals surface area contributed by atoms with Gasteiger partial charge in [0.05, 0.1) is 6.54 Å². The van der Waals surface area contributed by atoms with Gasteiger partial charge in [0.25, 0.3) is 5.89 Å². The molecule has 0 saturated heterocycles. The maximum Gasteiger partial charge on any atom is 0.276 e. The first-order chi connectivity index (χ1) is 13.8. The first-order valence-corrected chi connectivity index (χ1v) is 9.29. The van der Waals surface area contributed by atoms with Gasteiger partial charge in [-0.1, -0.05) is 29.4 Å². The van der Waals surface area contributed by atoms with Crippen LogP contribution >= 0.6 is 24.0 Å². The molecule has 0 radical (unpaired) electrons. The lowest BCUT2D eigenvalue weighted by atomic mass is 10.3. The van der Waals surface area contributed by atoms with Gasteiger partial charge in [-0.3, -0.25) is 9.98 Å². The molecule has 0 bridgehead atoms. The largest absolute Gasteiger partial charge is 0.492 e. The van der Waals surface area contributed by atoms with Crippen molar-refractivity contribution in [3.63, 3.8) is 0 Å². The van der Waals surface area contributed by atoms with E-state index in [1.807, 2.05) is 55.5 Å². The standard InChI is InChI=1S/C20H24N6O2.HI/c1-2-21-20(24-14-15-27-16-8-4-3-5-9-16)23-13-11-18-25-19(28-26-18)17-10-6-7-12-22-17;/h3-10,12H,2,11,13-15H2,1H3,(H2,21,23,24);1H. The summed E-state index contributed by atoms with van der Waals surface area (Å²) in [6.45, 7) is 4.53. The van der Waals surface area contributed by atoms with Crippen LogP contribution in [0.4, 0.5) is 0 Å². The highest BCUT2D eigenvalue weighted by atomic mass is 127. The summed E-state index contributed by atoms with van der Waals surface area (Å²) in [5.41, 5.74) is 0.665. The Morgan fingerprint density at radius 3 is 2.69 bits per heavy atom. The number of aliphatic imine (C=N–C) groups is 1. The highest BCUT2D eigenvalue weighted by molar-refractivity contribution is 14.0. The van der Waals surface area contributed by atoms with E-state index in [9.17, 15) is 0 Å². The van der Waals surface area contributed by atoms with E-state index in [0.29, 0.717) is 43.5 Å². The molecule has 0 aliphatic heterocycles. The number of aromatic nitrogens is 3. The zero-order valence-electron chi connectivity index (χ0n) is 16.2. The number of guanidine groups is 1. The van der Waals surface area contributed by atoms with Gasteiger partial charge in [-0.2, -0.15) is 4.98 Å². The van der Waals surface area contributed by atoms with Crippen LogP contribution in [0.1, 0.15) is 12.7 Å². The number of para-hydroxylation sites is 1. The van der Waals surface area contributed by atoms with E-state index >= 15 is 0 Å². The Balaban J connectivity index is 0.00000300. The molecular formula is C20H25IN6O2. The SMILES string of the molecule is CCNC(=NCCc1noc(-c2ccccn2)n1)NCCOc1ccccc1.I. The second kappa shape index (κ2) is 12.7.